The van der Waals surface area contributed by atoms with Crippen LogP contribution in [0.25, 0.3) is 0 Å². The Morgan fingerprint density at radius 3 is 2.64 bits per heavy atom. The number of rotatable bonds is 3. The SMILES string of the molecule is CN(C)Cc1ccc2c(c1)CC1(CCN(C3CCC3)CC1)O2. The first kappa shape index (κ1) is 14.5. The molecule has 3 aliphatic rings. The van der Waals surface area contributed by atoms with Gasteiger partial charge < -0.3 is 14.5 Å². The molecule has 0 atom stereocenters. The van der Waals surface area contributed by atoms with Crippen molar-refractivity contribution in [2.75, 3.05) is 27.2 Å². The van der Waals surface area contributed by atoms with Gasteiger partial charge in [0.05, 0.1) is 0 Å². The third-order valence-electron chi connectivity index (χ3n) is 5.76. The van der Waals surface area contributed by atoms with E-state index in [0.717, 1.165) is 24.8 Å². The Kier molecular flexibility index (Phi) is 3.66. The second-order valence-corrected chi connectivity index (χ2v) is 7.76. The van der Waals surface area contributed by atoms with Gasteiger partial charge in [-0.3, -0.25) is 0 Å². The molecule has 1 aliphatic carbocycles. The minimum absolute atomic E-state index is 0.0965. The maximum Gasteiger partial charge on any atom is 0.123 e. The molecule has 3 nitrogen and oxygen atoms in total. The van der Waals surface area contributed by atoms with E-state index < -0.39 is 0 Å². The Balaban J connectivity index is 1.43. The van der Waals surface area contributed by atoms with Crippen molar-refractivity contribution in [1.29, 1.82) is 0 Å². The first-order valence-corrected chi connectivity index (χ1v) is 8.83. The molecule has 2 fully saturated rings. The van der Waals surface area contributed by atoms with Gasteiger partial charge in [0.1, 0.15) is 11.4 Å². The van der Waals surface area contributed by atoms with Gasteiger partial charge >= 0.3 is 0 Å². The number of hydrogen-bond acceptors (Lipinski definition) is 3. The van der Waals surface area contributed by atoms with Crippen LogP contribution in [0.4, 0.5) is 0 Å². The molecule has 1 aromatic rings. The molecular weight excluding hydrogens is 272 g/mol. The maximum absolute atomic E-state index is 6.43. The lowest BCUT2D eigenvalue weighted by Crippen LogP contribution is -2.52. The van der Waals surface area contributed by atoms with Crippen molar-refractivity contribution < 1.29 is 4.74 Å². The van der Waals surface area contributed by atoms with Gasteiger partial charge in [-0.25, -0.2) is 0 Å². The summed E-state index contributed by atoms with van der Waals surface area (Å²) in [6.07, 6.45) is 7.78. The molecule has 1 saturated heterocycles. The first-order chi connectivity index (χ1) is 10.6. The zero-order valence-corrected chi connectivity index (χ0v) is 14.0. The van der Waals surface area contributed by atoms with Gasteiger partial charge in [-0.05, 0) is 44.1 Å². The van der Waals surface area contributed by atoms with E-state index in [1.807, 2.05) is 0 Å². The summed E-state index contributed by atoms with van der Waals surface area (Å²) < 4.78 is 6.43. The van der Waals surface area contributed by atoms with Crippen LogP contribution in [0.5, 0.6) is 5.75 Å². The largest absolute Gasteiger partial charge is 0.487 e. The average Bonchev–Trinajstić information content (AvgIpc) is 2.76. The van der Waals surface area contributed by atoms with E-state index >= 15 is 0 Å². The van der Waals surface area contributed by atoms with E-state index in [1.165, 1.54) is 56.3 Å². The quantitative estimate of drug-likeness (QED) is 0.853. The molecule has 1 saturated carbocycles. The highest BCUT2D eigenvalue weighted by molar-refractivity contribution is 5.42. The topological polar surface area (TPSA) is 15.7 Å². The zero-order valence-electron chi connectivity index (χ0n) is 14.0. The summed E-state index contributed by atoms with van der Waals surface area (Å²) in [6.45, 7) is 3.46. The molecule has 22 heavy (non-hydrogen) atoms. The van der Waals surface area contributed by atoms with Crippen LogP contribution in [0.3, 0.4) is 0 Å². The van der Waals surface area contributed by atoms with Gasteiger partial charge in [0, 0.05) is 44.9 Å². The molecule has 0 bridgehead atoms. The number of benzene rings is 1. The molecule has 0 radical (unpaired) electrons. The van der Waals surface area contributed by atoms with Crippen molar-refractivity contribution in [3.8, 4) is 5.75 Å². The van der Waals surface area contributed by atoms with Crippen LogP contribution in [-0.4, -0.2) is 48.6 Å². The molecule has 0 unspecified atom stereocenters. The highest BCUT2D eigenvalue weighted by Crippen LogP contribution is 2.42. The summed E-state index contributed by atoms with van der Waals surface area (Å²) in [6, 6.07) is 7.66. The highest BCUT2D eigenvalue weighted by atomic mass is 16.5. The molecule has 4 rings (SSSR count). The number of likely N-dealkylation sites (tertiary alicyclic amines) is 1. The standard InChI is InChI=1S/C19H28N2O/c1-20(2)14-15-6-7-18-16(12-15)13-19(22-18)8-10-21(11-9-19)17-4-3-5-17/h6-7,12,17H,3-5,8-11,13-14H2,1-2H3. The molecule has 2 aliphatic heterocycles. The van der Waals surface area contributed by atoms with Gasteiger partial charge in [0.15, 0.2) is 0 Å². The third-order valence-corrected chi connectivity index (χ3v) is 5.76. The lowest BCUT2D eigenvalue weighted by atomic mass is 9.83. The number of ether oxygens (including phenoxy) is 1. The van der Waals surface area contributed by atoms with Gasteiger partial charge in [-0.2, -0.15) is 0 Å². The molecule has 0 aromatic heterocycles. The Labute approximate surface area is 134 Å². The minimum atomic E-state index is 0.0965. The monoisotopic (exact) mass is 300 g/mol. The smallest absolute Gasteiger partial charge is 0.123 e. The van der Waals surface area contributed by atoms with E-state index in [1.54, 1.807) is 0 Å². The van der Waals surface area contributed by atoms with Crippen LogP contribution in [0.15, 0.2) is 18.2 Å². The van der Waals surface area contributed by atoms with Crippen molar-refractivity contribution in [2.24, 2.45) is 0 Å². The van der Waals surface area contributed by atoms with Gasteiger partial charge in [-0.15, -0.1) is 0 Å². The normalized spacial score (nSPS) is 24.3. The lowest BCUT2D eigenvalue weighted by molar-refractivity contribution is -0.00746. The van der Waals surface area contributed by atoms with E-state index in [2.05, 4.69) is 42.1 Å². The van der Waals surface area contributed by atoms with Gasteiger partial charge in [0.2, 0.25) is 0 Å². The van der Waals surface area contributed by atoms with Crippen molar-refractivity contribution in [3.63, 3.8) is 0 Å². The molecule has 0 amide bonds. The second kappa shape index (κ2) is 5.54. The van der Waals surface area contributed by atoms with Crippen molar-refractivity contribution in [1.82, 2.24) is 9.80 Å². The fraction of sp³-hybridized carbons (Fsp3) is 0.684. The zero-order chi connectivity index (χ0) is 15.2. The molecule has 1 spiro atoms. The van der Waals surface area contributed by atoms with Crippen LogP contribution in [0.2, 0.25) is 0 Å². The van der Waals surface area contributed by atoms with E-state index in [4.69, 9.17) is 4.74 Å². The summed E-state index contributed by atoms with van der Waals surface area (Å²) in [5.74, 6) is 1.14. The molecule has 1 aromatic carbocycles. The Morgan fingerprint density at radius 2 is 2.00 bits per heavy atom. The van der Waals surface area contributed by atoms with Crippen LogP contribution in [0, 0.1) is 0 Å². The minimum Gasteiger partial charge on any atom is -0.487 e. The fourth-order valence-corrected chi connectivity index (χ4v) is 4.28. The fourth-order valence-electron chi connectivity index (χ4n) is 4.28. The van der Waals surface area contributed by atoms with Crippen molar-refractivity contribution in [2.45, 2.75) is 56.7 Å². The number of piperidine rings is 1. The molecule has 3 heteroatoms. The van der Waals surface area contributed by atoms with Crippen LogP contribution in [0.1, 0.15) is 43.2 Å². The Bertz CT molecular complexity index is 542. The highest BCUT2D eigenvalue weighted by Gasteiger charge is 2.43. The van der Waals surface area contributed by atoms with E-state index in [-0.39, 0.29) is 5.60 Å². The Morgan fingerprint density at radius 1 is 1.23 bits per heavy atom. The maximum atomic E-state index is 6.43. The van der Waals surface area contributed by atoms with Crippen molar-refractivity contribution >= 4 is 0 Å². The summed E-state index contributed by atoms with van der Waals surface area (Å²) in [5, 5.41) is 0. The lowest BCUT2D eigenvalue weighted by Gasteiger charge is -2.45. The number of fused-ring (bicyclic) bond motifs is 1. The van der Waals surface area contributed by atoms with Crippen LogP contribution in [-0.2, 0) is 13.0 Å². The van der Waals surface area contributed by atoms with Gasteiger partial charge in [-0.1, -0.05) is 18.6 Å². The van der Waals surface area contributed by atoms with Crippen molar-refractivity contribution in [3.05, 3.63) is 29.3 Å². The molecular formula is C19H28N2O. The van der Waals surface area contributed by atoms with Crippen LogP contribution >= 0.6 is 0 Å². The molecule has 120 valence electrons. The van der Waals surface area contributed by atoms with E-state index in [9.17, 15) is 0 Å². The Hall–Kier alpha value is -1.06. The predicted molar refractivity (Wildman–Crippen MR) is 89.3 cm³/mol. The summed E-state index contributed by atoms with van der Waals surface area (Å²) in [5.41, 5.74) is 2.92. The third kappa shape index (κ3) is 2.65. The van der Waals surface area contributed by atoms with Gasteiger partial charge in [0.25, 0.3) is 0 Å². The predicted octanol–water partition coefficient (Wildman–Crippen LogP) is 3.07. The summed E-state index contributed by atoms with van der Waals surface area (Å²) in [7, 11) is 4.25. The second-order valence-electron chi connectivity index (χ2n) is 7.76. The number of hydrogen-bond donors (Lipinski definition) is 0. The summed E-state index contributed by atoms with van der Waals surface area (Å²) in [4.78, 5) is 4.93. The molecule has 0 N–H and O–H groups in total. The average molecular weight is 300 g/mol. The molecule has 2 heterocycles. The van der Waals surface area contributed by atoms with Crippen LogP contribution < -0.4 is 4.74 Å². The van der Waals surface area contributed by atoms with E-state index in [0.29, 0.717) is 0 Å². The number of nitrogens with zero attached hydrogens (tertiary/aromatic N) is 2. The first-order valence-electron chi connectivity index (χ1n) is 8.83. The summed E-state index contributed by atoms with van der Waals surface area (Å²) >= 11 is 0.